The Morgan fingerprint density at radius 2 is 1.61 bits per heavy atom. The first kappa shape index (κ1) is 61.5. The van der Waals surface area contributed by atoms with Crippen LogP contribution in [-0.2, 0) is 53.8 Å². The van der Waals surface area contributed by atoms with Crippen molar-refractivity contribution in [3.63, 3.8) is 0 Å². The largest absolute Gasteiger partial charge is 0.488 e. The molecule has 2 N–H and O–H groups in total. The van der Waals surface area contributed by atoms with Crippen molar-refractivity contribution < 1.29 is 62.2 Å². The molecule has 4 heterocycles. The van der Waals surface area contributed by atoms with Crippen LogP contribution in [0.25, 0.3) is 10.9 Å². The third kappa shape index (κ3) is 14.5. The number of cyclic esters (lactones) is 1. The Morgan fingerprint density at radius 1 is 0.908 bits per heavy atom. The second-order valence-electron chi connectivity index (χ2n) is 24.4. The molecule has 0 spiro atoms. The molecule has 1 aromatic carbocycles. The fourth-order valence-corrected chi connectivity index (χ4v) is 13.0. The van der Waals surface area contributed by atoms with Gasteiger partial charge in [-0.2, -0.15) is 0 Å². The zero-order chi connectivity index (χ0) is 55.9. The predicted molar refractivity (Wildman–Crippen MR) is 296 cm³/mol. The Hall–Kier alpha value is -3.74. The van der Waals surface area contributed by atoms with Crippen LogP contribution in [0.2, 0.25) is 18.1 Å². The van der Waals surface area contributed by atoms with E-state index in [0.717, 1.165) is 48.2 Å². The molecule has 14 unspecified atom stereocenters. The molecule has 1 saturated carbocycles. The number of nitrogens with zero attached hydrogens (tertiary/aromatic N) is 2. The molecule has 1 amide bonds. The van der Waals surface area contributed by atoms with Gasteiger partial charge in [-0.25, -0.2) is 4.79 Å². The summed E-state index contributed by atoms with van der Waals surface area (Å²) in [7, 11) is 2.97. The molecule has 0 radical (unpaired) electrons. The average molecular weight is 1080 g/mol. The summed E-state index contributed by atoms with van der Waals surface area (Å²) in [6.45, 7) is 24.4. The van der Waals surface area contributed by atoms with Gasteiger partial charge in [-0.3, -0.25) is 14.4 Å². The van der Waals surface area contributed by atoms with Crippen LogP contribution in [0.4, 0.5) is 0 Å². The zero-order valence-corrected chi connectivity index (χ0v) is 49.4. The Kier molecular flexibility index (Phi) is 21.4. The van der Waals surface area contributed by atoms with Gasteiger partial charge in [0.15, 0.2) is 8.32 Å². The molecule has 6 rings (SSSR count). The highest BCUT2D eigenvalue weighted by atomic mass is 28.4. The van der Waals surface area contributed by atoms with Crippen LogP contribution in [0, 0.1) is 29.6 Å². The van der Waals surface area contributed by atoms with Crippen LogP contribution in [0.15, 0.2) is 53.8 Å². The smallest absolute Gasteiger partial charge is 0.329 e. The molecule has 14 atom stereocenters. The number of rotatable bonds is 13. The quantitative estimate of drug-likeness (QED) is 0.0637. The van der Waals surface area contributed by atoms with Crippen molar-refractivity contribution in [3.05, 3.63) is 53.8 Å². The molecule has 15 nitrogen and oxygen atoms in total. The second-order valence-corrected chi connectivity index (χ2v) is 29.2. The number of aliphatic hydroxyl groups is 2. The number of esters is 1. The molecule has 2 aromatic rings. The standard InChI is InChI=1S/C60H94N2O13Si/c1-15-43-30-37(2)29-38(3)31-52(70-11)55-53(71-12)33-40(5)60(68,75-55)56(65)57(66)62-26-17-16-19-47(62)58(67)74-54(41(6)48(63)36-49(43)64)39(4)32-42-20-23-50(51(34-42)69-10)73-45-21-22-46-44(35-45)24-27-61(46)25-18-28-72-76(13,14)59(7,8)9/h21-22,24,27,30,32,35,38,40-43,47-48,50-55,63,68H,15-20,23,25-26,28-29,31,33-34,36H2,1-14H3/b37-30+,39-32?. The number of carbonyl (C=O) groups excluding carboxylic acids is 4. The van der Waals surface area contributed by atoms with Crippen molar-refractivity contribution in [1.29, 1.82) is 0 Å². The highest BCUT2D eigenvalue weighted by molar-refractivity contribution is 6.74. The van der Waals surface area contributed by atoms with Gasteiger partial charge < -0.3 is 52.5 Å². The van der Waals surface area contributed by atoms with Crippen LogP contribution in [-0.4, -0.2) is 140 Å². The van der Waals surface area contributed by atoms with Crippen LogP contribution in [0.1, 0.15) is 139 Å². The first-order valence-corrected chi connectivity index (χ1v) is 31.3. The Labute approximate surface area is 454 Å². The number of aromatic nitrogens is 1. The number of methoxy groups -OCH3 is 3. The zero-order valence-electron chi connectivity index (χ0n) is 48.4. The molecule has 1 aliphatic carbocycles. The molecule has 3 aliphatic heterocycles. The number of benzene rings is 1. The van der Waals surface area contributed by atoms with Crippen LogP contribution < -0.4 is 4.74 Å². The van der Waals surface area contributed by atoms with Gasteiger partial charge in [0, 0.05) is 82.3 Å². The van der Waals surface area contributed by atoms with E-state index in [1.165, 1.54) is 4.90 Å². The molecule has 4 aliphatic rings. The highest BCUT2D eigenvalue weighted by Crippen LogP contribution is 2.41. The number of ether oxygens (including phenoxy) is 6. The van der Waals surface area contributed by atoms with Gasteiger partial charge in [0.2, 0.25) is 5.79 Å². The lowest BCUT2D eigenvalue weighted by Gasteiger charge is -2.47. The van der Waals surface area contributed by atoms with Crippen molar-refractivity contribution in [1.82, 2.24) is 9.47 Å². The summed E-state index contributed by atoms with van der Waals surface area (Å²) in [6.07, 6.45) is 7.56. The van der Waals surface area contributed by atoms with Gasteiger partial charge in [-0.15, -0.1) is 0 Å². The average Bonchev–Trinajstić information content (AvgIpc) is 3.79. The van der Waals surface area contributed by atoms with Gasteiger partial charge in [-0.1, -0.05) is 66.2 Å². The van der Waals surface area contributed by atoms with E-state index in [1.54, 1.807) is 35.2 Å². The highest BCUT2D eigenvalue weighted by Gasteiger charge is 2.57. The summed E-state index contributed by atoms with van der Waals surface area (Å²) < 4.78 is 46.1. The number of carbonyl (C=O) groups is 4. The molecule has 2 saturated heterocycles. The number of fused-ring (bicyclic) bond motifs is 4. The van der Waals surface area contributed by atoms with E-state index in [1.807, 2.05) is 32.9 Å². The minimum atomic E-state index is -2.52. The molecule has 426 valence electrons. The van der Waals surface area contributed by atoms with E-state index in [2.05, 4.69) is 75.8 Å². The second kappa shape index (κ2) is 26.5. The lowest BCUT2D eigenvalue weighted by Crippen LogP contribution is -2.64. The molecular weight excluding hydrogens is 985 g/mol. The van der Waals surface area contributed by atoms with Crippen LogP contribution in [0.3, 0.4) is 0 Å². The summed E-state index contributed by atoms with van der Waals surface area (Å²) in [4.78, 5) is 58.9. The minimum Gasteiger partial charge on any atom is -0.488 e. The monoisotopic (exact) mass is 1080 g/mol. The van der Waals surface area contributed by atoms with Crippen LogP contribution >= 0.6 is 0 Å². The number of amides is 1. The van der Waals surface area contributed by atoms with Crippen molar-refractivity contribution in [3.8, 4) is 5.75 Å². The Bertz CT molecular complexity index is 2360. The fourth-order valence-electron chi connectivity index (χ4n) is 11.9. The minimum absolute atomic E-state index is 0.000400. The lowest BCUT2D eigenvalue weighted by molar-refractivity contribution is -0.302. The summed E-state index contributed by atoms with van der Waals surface area (Å²) in [5.74, 6) is -6.77. The maximum Gasteiger partial charge on any atom is 0.329 e. The number of aliphatic hydroxyl groups excluding tert-OH is 1. The van der Waals surface area contributed by atoms with Gasteiger partial charge in [0.05, 0.1) is 24.4 Å². The van der Waals surface area contributed by atoms with Gasteiger partial charge in [0.25, 0.3) is 11.7 Å². The summed E-state index contributed by atoms with van der Waals surface area (Å²) in [5, 5.41) is 25.4. The normalized spacial score (nSPS) is 34.3. The third-order valence-electron chi connectivity index (χ3n) is 17.7. The molecule has 1 aromatic heterocycles. The number of Topliss-reactive ketones (excluding diaryl/α,β-unsaturated/α-hetero) is 2. The maximum atomic E-state index is 14.7. The summed E-state index contributed by atoms with van der Waals surface area (Å²) in [5.41, 5.74) is 2.83. The van der Waals surface area contributed by atoms with Crippen molar-refractivity contribution in [2.45, 2.75) is 219 Å². The maximum absolute atomic E-state index is 14.7. The van der Waals surface area contributed by atoms with E-state index < -0.39 is 86.1 Å². The predicted octanol–water partition coefficient (Wildman–Crippen LogP) is 9.93. The Morgan fingerprint density at radius 3 is 2.28 bits per heavy atom. The number of piperidine rings is 1. The SMILES string of the molecule is CCC1/C=C(\C)CC(C)CC(OC)C2OC(O)(C(=O)C(=O)N3CCCCC3C(=O)OC(C(C)=CC3CCC(Oc4ccc5c(ccn5CCCO[Si](C)(C)C(C)(C)C)c4)C(OC)C3)C(C)C(O)CC1=O)C(C)CC2OC. The van der Waals surface area contributed by atoms with Gasteiger partial charge in [-0.05, 0) is 144 Å². The number of aryl methyl sites for hydroxylation is 1. The first-order chi connectivity index (χ1) is 35.9. The molecule has 2 bridgehead atoms. The molecule has 16 heteroatoms. The molecular formula is C60H94N2O13Si. The van der Waals surface area contributed by atoms with Crippen molar-refractivity contribution in [2.24, 2.45) is 29.6 Å². The molecule has 3 fully saturated rings. The fraction of sp³-hybridized carbons (Fsp3) is 0.733. The van der Waals surface area contributed by atoms with E-state index in [9.17, 15) is 29.4 Å². The number of ketones is 2. The Balaban J connectivity index is 1.23. The number of allylic oxidation sites excluding steroid dienone is 3. The number of hydrogen-bond acceptors (Lipinski definition) is 13. The molecule has 76 heavy (non-hydrogen) atoms. The van der Waals surface area contributed by atoms with Crippen LogP contribution in [0.5, 0.6) is 5.75 Å². The van der Waals surface area contributed by atoms with E-state index in [-0.39, 0.29) is 60.7 Å². The number of hydrogen-bond donors (Lipinski definition) is 2. The lowest BCUT2D eigenvalue weighted by atomic mass is 9.81. The summed E-state index contributed by atoms with van der Waals surface area (Å²) >= 11 is 0. The van der Waals surface area contributed by atoms with Crippen molar-refractivity contribution in [2.75, 3.05) is 34.5 Å². The van der Waals surface area contributed by atoms with E-state index in [0.29, 0.717) is 50.5 Å². The van der Waals surface area contributed by atoms with Crippen molar-refractivity contribution >= 4 is 42.7 Å². The topological polar surface area (TPSA) is 182 Å². The summed E-state index contributed by atoms with van der Waals surface area (Å²) in [6, 6.07) is 7.20. The van der Waals surface area contributed by atoms with E-state index in [4.69, 9.17) is 32.8 Å². The van der Waals surface area contributed by atoms with Gasteiger partial charge in [0.1, 0.15) is 35.9 Å². The van der Waals surface area contributed by atoms with Gasteiger partial charge >= 0.3 is 5.97 Å². The third-order valence-corrected chi connectivity index (χ3v) is 22.2. The van der Waals surface area contributed by atoms with E-state index >= 15 is 0 Å². The first-order valence-electron chi connectivity index (χ1n) is 28.4.